The first-order valence-corrected chi connectivity index (χ1v) is 11.2. The van der Waals surface area contributed by atoms with Gasteiger partial charge in [-0.05, 0) is 37.1 Å². The fraction of sp³-hybridized carbons (Fsp3) is 0.333. The number of imidazole rings is 1. The summed E-state index contributed by atoms with van der Waals surface area (Å²) >= 11 is 6.16. The number of hydrogen-bond donors (Lipinski definition) is 2. The molecule has 2 heterocycles. The molecule has 0 amide bonds. The Bertz CT molecular complexity index is 1000. The van der Waals surface area contributed by atoms with E-state index in [1.165, 1.54) is 11.3 Å². The van der Waals surface area contributed by atoms with Crippen LogP contribution in [-0.2, 0) is 13.1 Å². The van der Waals surface area contributed by atoms with Crippen LogP contribution in [0, 0.1) is 0 Å². The highest BCUT2D eigenvalue weighted by Gasteiger charge is 2.23. The van der Waals surface area contributed by atoms with Crippen molar-refractivity contribution < 1.29 is 0 Å². The van der Waals surface area contributed by atoms with Gasteiger partial charge in [0.05, 0.1) is 0 Å². The summed E-state index contributed by atoms with van der Waals surface area (Å²) in [7, 11) is 0. The summed E-state index contributed by atoms with van der Waals surface area (Å²) in [5, 5.41) is 7.73. The van der Waals surface area contributed by atoms with Gasteiger partial charge in [-0.15, -0.1) is 0 Å². The van der Waals surface area contributed by atoms with Gasteiger partial charge in [0.1, 0.15) is 12.4 Å². The zero-order valence-corrected chi connectivity index (χ0v) is 18.6. The number of nitrogens with zero attached hydrogens (tertiary/aromatic N) is 4. The summed E-state index contributed by atoms with van der Waals surface area (Å²) in [5.41, 5.74) is 2.42. The van der Waals surface area contributed by atoms with Gasteiger partial charge in [0.15, 0.2) is 5.96 Å². The van der Waals surface area contributed by atoms with Crippen molar-refractivity contribution in [1.29, 1.82) is 0 Å². The molecule has 3 aromatic rings. The molecule has 1 saturated heterocycles. The minimum absolute atomic E-state index is 0.334. The minimum Gasteiger partial charge on any atom is -0.369 e. The zero-order chi connectivity index (χ0) is 21.5. The number of rotatable bonds is 7. The molecule has 0 saturated carbocycles. The van der Waals surface area contributed by atoms with Gasteiger partial charge in [0.25, 0.3) is 0 Å². The molecular formula is C24H29ClN6. The summed E-state index contributed by atoms with van der Waals surface area (Å²) in [6.45, 7) is 6.15. The number of anilines is 1. The Kier molecular flexibility index (Phi) is 7.10. The lowest BCUT2D eigenvalue weighted by atomic mass is 10.2. The topological polar surface area (TPSA) is 57.5 Å². The van der Waals surface area contributed by atoms with Crippen molar-refractivity contribution in [3.05, 3.63) is 83.4 Å². The fourth-order valence-electron chi connectivity index (χ4n) is 3.86. The Morgan fingerprint density at radius 1 is 1.19 bits per heavy atom. The maximum atomic E-state index is 6.16. The molecule has 31 heavy (non-hydrogen) atoms. The molecule has 1 atom stereocenters. The van der Waals surface area contributed by atoms with Crippen molar-refractivity contribution in [2.75, 3.05) is 24.5 Å². The third-order valence-corrected chi connectivity index (χ3v) is 5.66. The first-order valence-electron chi connectivity index (χ1n) is 10.8. The first-order chi connectivity index (χ1) is 15.2. The van der Waals surface area contributed by atoms with Crippen LogP contribution in [0.25, 0.3) is 0 Å². The standard InChI is InChI=1S/C24H29ClN6/c1-2-26-24(29-21-11-13-30(18-21)22-10-6-9-20(25)15-22)28-16-23-27-12-14-31(23)17-19-7-4-3-5-8-19/h3-10,12,14-15,21H,2,11,13,16-18H2,1H3,(H2,26,28,29). The Balaban J connectivity index is 1.38. The highest BCUT2D eigenvalue weighted by atomic mass is 35.5. The molecule has 1 aromatic heterocycles. The van der Waals surface area contributed by atoms with Gasteiger partial charge in [0, 0.05) is 55.3 Å². The van der Waals surface area contributed by atoms with Crippen LogP contribution in [0.3, 0.4) is 0 Å². The molecule has 2 aromatic carbocycles. The van der Waals surface area contributed by atoms with E-state index in [9.17, 15) is 0 Å². The lowest BCUT2D eigenvalue weighted by molar-refractivity contribution is 0.645. The summed E-state index contributed by atoms with van der Waals surface area (Å²) < 4.78 is 2.15. The molecule has 1 unspecified atom stereocenters. The average molecular weight is 437 g/mol. The van der Waals surface area contributed by atoms with E-state index in [2.05, 4.69) is 62.3 Å². The number of hydrogen-bond acceptors (Lipinski definition) is 3. The summed E-state index contributed by atoms with van der Waals surface area (Å²) in [4.78, 5) is 11.7. The van der Waals surface area contributed by atoms with Crippen LogP contribution < -0.4 is 15.5 Å². The lowest BCUT2D eigenvalue weighted by Crippen LogP contribution is -2.44. The van der Waals surface area contributed by atoms with Crippen LogP contribution >= 0.6 is 11.6 Å². The van der Waals surface area contributed by atoms with Gasteiger partial charge in [0.2, 0.25) is 0 Å². The van der Waals surface area contributed by atoms with Crippen molar-refractivity contribution in [3.63, 3.8) is 0 Å². The molecule has 0 spiro atoms. The zero-order valence-electron chi connectivity index (χ0n) is 17.8. The van der Waals surface area contributed by atoms with Gasteiger partial charge >= 0.3 is 0 Å². The van der Waals surface area contributed by atoms with Gasteiger partial charge in [-0.1, -0.05) is 48.0 Å². The Hall–Kier alpha value is -2.99. The van der Waals surface area contributed by atoms with E-state index in [0.29, 0.717) is 12.6 Å². The number of benzene rings is 2. The second kappa shape index (κ2) is 10.4. The highest BCUT2D eigenvalue weighted by Crippen LogP contribution is 2.23. The van der Waals surface area contributed by atoms with Gasteiger partial charge in [-0.25, -0.2) is 9.98 Å². The summed E-state index contributed by atoms with van der Waals surface area (Å²) in [5.74, 6) is 1.78. The molecule has 0 radical (unpaired) electrons. The second-order valence-corrected chi connectivity index (χ2v) is 8.14. The van der Waals surface area contributed by atoms with Crippen molar-refractivity contribution >= 4 is 23.2 Å². The maximum absolute atomic E-state index is 6.16. The van der Waals surface area contributed by atoms with Crippen molar-refractivity contribution in [2.45, 2.75) is 32.5 Å². The average Bonchev–Trinajstić information content (AvgIpc) is 3.42. The highest BCUT2D eigenvalue weighted by molar-refractivity contribution is 6.30. The second-order valence-electron chi connectivity index (χ2n) is 7.71. The quantitative estimate of drug-likeness (QED) is 0.435. The van der Waals surface area contributed by atoms with E-state index in [1.807, 2.05) is 36.7 Å². The van der Waals surface area contributed by atoms with Crippen molar-refractivity contribution in [1.82, 2.24) is 20.2 Å². The molecule has 0 bridgehead atoms. The van der Waals surface area contributed by atoms with Crippen LogP contribution in [0.4, 0.5) is 5.69 Å². The fourth-order valence-corrected chi connectivity index (χ4v) is 4.05. The SMILES string of the molecule is CCNC(=NCc1nccn1Cc1ccccc1)NC1CCN(c2cccc(Cl)c2)C1. The van der Waals surface area contributed by atoms with Crippen LogP contribution in [0.15, 0.2) is 72.0 Å². The van der Waals surface area contributed by atoms with Crippen molar-refractivity contribution in [3.8, 4) is 0 Å². The van der Waals surface area contributed by atoms with Crippen molar-refractivity contribution in [2.24, 2.45) is 4.99 Å². The Morgan fingerprint density at radius 3 is 2.87 bits per heavy atom. The molecule has 162 valence electrons. The van der Waals surface area contributed by atoms with E-state index < -0.39 is 0 Å². The number of guanidine groups is 1. The third kappa shape index (κ3) is 5.79. The van der Waals surface area contributed by atoms with Gasteiger partial charge in [-0.2, -0.15) is 0 Å². The smallest absolute Gasteiger partial charge is 0.191 e. The molecular weight excluding hydrogens is 408 g/mol. The van der Waals surface area contributed by atoms with Gasteiger partial charge < -0.3 is 20.1 Å². The number of aromatic nitrogens is 2. The van der Waals surface area contributed by atoms with E-state index in [-0.39, 0.29) is 0 Å². The molecule has 2 N–H and O–H groups in total. The van der Waals surface area contributed by atoms with Crippen LogP contribution in [0.2, 0.25) is 5.02 Å². The van der Waals surface area contributed by atoms with Crippen LogP contribution in [0.1, 0.15) is 24.7 Å². The monoisotopic (exact) mass is 436 g/mol. The molecule has 7 heteroatoms. The molecule has 4 rings (SSSR count). The maximum Gasteiger partial charge on any atom is 0.191 e. The van der Waals surface area contributed by atoms with E-state index in [4.69, 9.17) is 16.6 Å². The third-order valence-electron chi connectivity index (χ3n) is 5.42. The van der Waals surface area contributed by atoms with E-state index in [0.717, 1.165) is 49.4 Å². The number of halogens is 1. The lowest BCUT2D eigenvalue weighted by Gasteiger charge is -2.20. The van der Waals surface area contributed by atoms with Crippen LogP contribution in [-0.4, -0.2) is 41.2 Å². The first kappa shape index (κ1) is 21.2. The van der Waals surface area contributed by atoms with Gasteiger partial charge in [-0.3, -0.25) is 0 Å². The predicted octanol–water partition coefficient (Wildman–Crippen LogP) is 3.92. The molecule has 0 aliphatic carbocycles. The Morgan fingerprint density at radius 2 is 2.06 bits per heavy atom. The molecule has 6 nitrogen and oxygen atoms in total. The minimum atomic E-state index is 0.334. The summed E-state index contributed by atoms with van der Waals surface area (Å²) in [6.07, 6.45) is 4.91. The molecule has 1 aliphatic rings. The normalized spacial score (nSPS) is 16.5. The van der Waals surface area contributed by atoms with Crippen LogP contribution in [0.5, 0.6) is 0 Å². The van der Waals surface area contributed by atoms with E-state index >= 15 is 0 Å². The predicted molar refractivity (Wildman–Crippen MR) is 128 cm³/mol. The number of nitrogens with one attached hydrogen (secondary N) is 2. The Labute approximate surface area is 189 Å². The molecule has 1 fully saturated rings. The van der Waals surface area contributed by atoms with E-state index in [1.54, 1.807) is 0 Å². The number of aliphatic imine (C=N–C) groups is 1. The summed E-state index contributed by atoms with van der Waals surface area (Å²) in [6, 6.07) is 18.8. The largest absolute Gasteiger partial charge is 0.369 e. The molecule has 1 aliphatic heterocycles.